The lowest BCUT2D eigenvalue weighted by Crippen LogP contribution is -2.44. The van der Waals surface area contributed by atoms with Gasteiger partial charge in [0.1, 0.15) is 0 Å². The van der Waals surface area contributed by atoms with Crippen molar-refractivity contribution in [1.29, 1.82) is 0 Å². The van der Waals surface area contributed by atoms with E-state index in [2.05, 4.69) is 14.8 Å². The number of hydrogen-bond acceptors (Lipinski definition) is 6. The number of nitrogens with two attached hydrogens (primary N) is 1. The molecule has 7 nitrogen and oxygen atoms in total. The van der Waals surface area contributed by atoms with Crippen molar-refractivity contribution in [1.82, 2.24) is 5.32 Å². The van der Waals surface area contributed by atoms with Crippen LogP contribution < -0.4 is 11.1 Å². The van der Waals surface area contributed by atoms with Gasteiger partial charge in [-0.25, -0.2) is 0 Å². The zero-order valence-electron chi connectivity index (χ0n) is 10.9. The van der Waals surface area contributed by atoms with E-state index in [9.17, 15) is 14.4 Å². The van der Waals surface area contributed by atoms with Gasteiger partial charge in [0.05, 0.1) is 32.6 Å². The van der Waals surface area contributed by atoms with Crippen molar-refractivity contribution in [2.45, 2.75) is 25.8 Å². The first-order valence-corrected chi connectivity index (χ1v) is 5.63. The molecule has 0 saturated carbocycles. The van der Waals surface area contributed by atoms with Gasteiger partial charge in [-0.05, 0) is 6.42 Å². The Morgan fingerprint density at radius 3 is 2.22 bits per heavy atom. The summed E-state index contributed by atoms with van der Waals surface area (Å²) in [6, 6.07) is -0.533. The van der Waals surface area contributed by atoms with Gasteiger partial charge in [0, 0.05) is 6.54 Å². The minimum atomic E-state index is -0.698. The van der Waals surface area contributed by atoms with E-state index in [4.69, 9.17) is 5.73 Å². The molecule has 1 unspecified atom stereocenters. The third-order valence-electron chi connectivity index (χ3n) is 2.54. The van der Waals surface area contributed by atoms with Crippen molar-refractivity contribution in [3.8, 4) is 0 Å². The summed E-state index contributed by atoms with van der Waals surface area (Å²) in [4.78, 5) is 33.6. The second-order valence-electron chi connectivity index (χ2n) is 3.77. The van der Waals surface area contributed by atoms with Gasteiger partial charge in [-0.15, -0.1) is 0 Å². The van der Waals surface area contributed by atoms with Crippen LogP contribution in [-0.2, 0) is 23.9 Å². The Hall–Kier alpha value is -1.63. The number of carbonyl (C=O) groups is 3. The number of esters is 2. The standard InChI is InChI=1S/C11H20N2O5/c1-4-8(10(12)15)13-6-7(11(16)18-3)5-9(14)17-2/h7-8,13H,4-6H2,1-3H3,(H2,12,15)/t7?,8-/m0/s1. The van der Waals surface area contributed by atoms with Crippen LogP contribution in [0, 0.1) is 5.92 Å². The average Bonchev–Trinajstić information content (AvgIpc) is 2.36. The van der Waals surface area contributed by atoms with Crippen LogP contribution in [0.2, 0.25) is 0 Å². The van der Waals surface area contributed by atoms with Crippen LogP contribution in [0.3, 0.4) is 0 Å². The van der Waals surface area contributed by atoms with Crippen LogP contribution in [0.1, 0.15) is 19.8 Å². The van der Waals surface area contributed by atoms with Crippen LogP contribution in [0.15, 0.2) is 0 Å². The summed E-state index contributed by atoms with van der Waals surface area (Å²) in [5.41, 5.74) is 5.16. The molecule has 1 amide bonds. The van der Waals surface area contributed by atoms with E-state index in [0.29, 0.717) is 6.42 Å². The molecule has 0 heterocycles. The minimum Gasteiger partial charge on any atom is -0.469 e. The second kappa shape index (κ2) is 8.46. The lowest BCUT2D eigenvalue weighted by atomic mass is 10.0. The molecule has 0 aliphatic carbocycles. The number of hydrogen-bond donors (Lipinski definition) is 2. The van der Waals surface area contributed by atoms with Gasteiger partial charge < -0.3 is 20.5 Å². The number of amides is 1. The highest BCUT2D eigenvalue weighted by Crippen LogP contribution is 2.06. The molecule has 0 aliphatic heterocycles. The van der Waals surface area contributed by atoms with Crippen LogP contribution >= 0.6 is 0 Å². The first-order chi connectivity index (χ1) is 8.46. The number of methoxy groups -OCH3 is 2. The average molecular weight is 260 g/mol. The van der Waals surface area contributed by atoms with E-state index < -0.39 is 29.8 Å². The van der Waals surface area contributed by atoms with Gasteiger partial charge in [0.15, 0.2) is 0 Å². The highest BCUT2D eigenvalue weighted by molar-refractivity contribution is 5.81. The van der Waals surface area contributed by atoms with Crippen molar-refractivity contribution in [2.24, 2.45) is 11.7 Å². The Kier molecular flexibility index (Phi) is 7.69. The third kappa shape index (κ3) is 5.62. The molecule has 0 aliphatic rings. The van der Waals surface area contributed by atoms with Crippen LogP contribution in [0.25, 0.3) is 0 Å². The van der Waals surface area contributed by atoms with Crippen LogP contribution in [0.4, 0.5) is 0 Å². The van der Waals surface area contributed by atoms with Gasteiger partial charge in [0.25, 0.3) is 0 Å². The first-order valence-electron chi connectivity index (χ1n) is 5.63. The Labute approximate surface area is 106 Å². The number of primary amides is 1. The largest absolute Gasteiger partial charge is 0.469 e. The van der Waals surface area contributed by atoms with E-state index in [0.717, 1.165) is 0 Å². The molecule has 0 aromatic heterocycles. The molecule has 0 radical (unpaired) electrons. The van der Waals surface area contributed by atoms with Crippen molar-refractivity contribution in [2.75, 3.05) is 20.8 Å². The molecule has 0 bridgehead atoms. The van der Waals surface area contributed by atoms with Gasteiger partial charge >= 0.3 is 11.9 Å². The molecule has 0 rings (SSSR count). The van der Waals surface area contributed by atoms with Crippen molar-refractivity contribution in [3.05, 3.63) is 0 Å². The van der Waals surface area contributed by atoms with E-state index in [1.807, 2.05) is 0 Å². The fourth-order valence-electron chi connectivity index (χ4n) is 1.42. The van der Waals surface area contributed by atoms with Crippen LogP contribution in [-0.4, -0.2) is 44.7 Å². The van der Waals surface area contributed by atoms with E-state index in [1.54, 1.807) is 6.92 Å². The summed E-state index contributed by atoms with van der Waals surface area (Å²) in [6.45, 7) is 1.92. The maximum absolute atomic E-state index is 11.4. The molecule has 0 aromatic rings. The monoisotopic (exact) mass is 260 g/mol. The lowest BCUT2D eigenvalue weighted by molar-refractivity contribution is -0.152. The fourth-order valence-corrected chi connectivity index (χ4v) is 1.42. The predicted octanol–water partition coefficient (Wildman–Crippen LogP) is -0.808. The summed E-state index contributed by atoms with van der Waals surface area (Å²) in [5, 5.41) is 2.83. The highest BCUT2D eigenvalue weighted by atomic mass is 16.5. The molecule has 104 valence electrons. The van der Waals surface area contributed by atoms with Gasteiger partial charge in [-0.1, -0.05) is 6.92 Å². The molecular formula is C11H20N2O5. The number of rotatable bonds is 8. The van der Waals surface area contributed by atoms with Gasteiger partial charge in [-0.2, -0.15) is 0 Å². The smallest absolute Gasteiger partial charge is 0.310 e. The van der Waals surface area contributed by atoms with Crippen molar-refractivity contribution >= 4 is 17.8 Å². The van der Waals surface area contributed by atoms with E-state index >= 15 is 0 Å². The number of carbonyl (C=O) groups excluding carboxylic acids is 3. The Morgan fingerprint density at radius 2 is 1.83 bits per heavy atom. The van der Waals surface area contributed by atoms with Gasteiger partial charge in [0.2, 0.25) is 5.91 Å². The predicted molar refractivity (Wildman–Crippen MR) is 63.4 cm³/mol. The lowest BCUT2D eigenvalue weighted by Gasteiger charge is -2.18. The Balaban J connectivity index is 4.45. The van der Waals surface area contributed by atoms with Gasteiger partial charge in [-0.3, -0.25) is 14.4 Å². The summed E-state index contributed by atoms with van der Waals surface area (Å²) in [5.74, 6) is -2.25. The normalized spacial score (nSPS) is 13.5. The minimum absolute atomic E-state index is 0.106. The fraction of sp³-hybridized carbons (Fsp3) is 0.727. The van der Waals surface area contributed by atoms with Crippen molar-refractivity contribution in [3.63, 3.8) is 0 Å². The number of ether oxygens (including phenoxy) is 2. The maximum Gasteiger partial charge on any atom is 0.310 e. The zero-order chi connectivity index (χ0) is 14.1. The number of nitrogens with one attached hydrogen (secondary N) is 1. The van der Waals surface area contributed by atoms with Crippen LogP contribution in [0.5, 0.6) is 0 Å². The summed E-state index contributed by atoms with van der Waals surface area (Å²) in [6.07, 6.45) is 0.396. The summed E-state index contributed by atoms with van der Waals surface area (Å²) >= 11 is 0. The topological polar surface area (TPSA) is 108 Å². The second-order valence-corrected chi connectivity index (χ2v) is 3.77. The zero-order valence-corrected chi connectivity index (χ0v) is 10.9. The molecular weight excluding hydrogens is 240 g/mol. The molecule has 2 atom stereocenters. The quantitative estimate of drug-likeness (QED) is 0.553. The Morgan fingerprint density at radius 1 is 1.22 bits per heavy atom. The van der Waals surface area contributed by atoms with E-state index in [-0.39, 0.29) is 13.0 Å². The molecule has 0 saturated heterocycles. The summed E-state index contributed by atoms with van der Waals surface area (Å²) < 4.78 is 9.07. The molecule has 0 fully saturated rings. The van der Waals surface area contributed by atoms with E-state index in [1.165, 1.54) is 14.2 Å². The molecule has 0 aromatic carbocycles. The molecule has 18 heavy (non-hydrogen) atoms. The summed E-state index contributed by atoms with van der Waals surface area (Å²) in [7, 11) is 2.47. The molecule has 7 heteroatoms. The molecule has 0 spiro atoms. The molecule has 3 N–H and O–H groups in total. The SMILES string of the molecule is CC[C@H](NCC(CC(=O)OC)C(=O)OC)C(N)=O. The Bertz CT molecular complexity index is 306. The highest BCUT2D eigenvalue weighted by Gasteiger charge is 2.24. The maximum atomic E-state index is 11.4. The third-order valence-corrected chi connectivity index (χ3v) is 2.54. The first kappa shape index (κ1) is 16.4. The van der Waals surface area contributed by atoms with Crippen molar-refractivity contribution < 1.29 is 23.9 Å².